The number of carbonyl (C=O) groups is 3. The maximum Gasteiger partial charge on any atom is 0.261 e. The highest BCUT2D eigenvalue weighted by molar-refractivity contribution is 6.21. The van der Waals surface area contributed by atoms with Gasteiger partial charge in [-0.2, -0.15) is 0 Å². The number of nitrogens with one attached hydrogen (secondary N) is 1. The van der Waals surface area contributed by atoms with Crippen molar-refractivity contribution in [2.45, 2.75) is 52.5 Å². The normalized spacial score (nSPS) is 14.4. The van der Waals surface area contributed by atoms with Crippen molar-refractivity contribution in [3.63, 3.8) is 0 Å². The molecule has 0 fully saturated rings. The van der Waals surface area contributed by atoms with Gasteiger partial charge in [-0.05, 0) is 41.5 Å². The summed E-state index contributed by atoms with van der Waals surface area (Å²) in [5.41, 5.74) is 3.24. The van der Waals surface area contributed by atoms with E-state index in [1.807, 2.05) is 0 Å². The molecule has 3 amide bonds. The van der Waals surface area contributed by atoms with E-state index in [4.69, 9.17) is 0 Å². The van der Waals surface area contributed by atoms with Gasteiger partial charge >= 0.3 is 0 Å². The molecule has 30 heavy (non-hydrogen) atoms. The highest BCUT2D eigenvalue weighted by atomic mass is 16.2. The van der Waals surface area contributed by atoms with Gasteiger partial charge in [0.25, 0.3) is 11.8 Å². The van der Waals surface area contributed by atoms with Crippen LogP contribution in [-0.2, 0) is 4.79 Å². The van der Waals surface area contributed by atoms with Gasteiger partial charge in [-0.25, -0.2) is 0 Å². The molecule has 1 heterocycles. The van der Waals surface area contributed by atoms with Crippen LogP contribution in [0, 0.1) is 5.92 Å². The molecular formula is C25H30N2O3. The van der Waals surface area contributed by atoms with Gasteiger partial charge in [0.05, 0.1) is 17.2 Å². The molecule has 2 aromatic carbocycles. The lowest BCUT2D eigenvalue weighted by Crippen LogP contribution is -2.34. The molecule has 0 saturated heterocycles. The van der Waals surface area contributed by atoms with Gasteiger partial charge in [0, 0.05) is 13.0 Å². The number of fused-ring (bicyclic) bond motifs is 1. The van der Waals surface area contributed by atoms with Gasteiger partial charge in [0.15, 0.2) is 0 Å². The Balaban J connectivity index is 1.55. The first-order chi connectivity index (χ1) is 14.3. The minimum atomic E-state index is -0.277. The summed E-state index contributed by atoms with van der Waals surface area (Å²) in [6.45, 7) is 8.73. The summed E-state index contributed by atoms with van der Waals surface area (Å²) in [5.74, 6) is 0.0873. The highest BCUT2D eigenvalue weighted by Gasteiger charge is 2.34. The predicted molar refractivity (Wildman–Crippen MR) is 117 cm³/mol. The molecule has 0 radical (unpaired) electrons. The fraction of sp³-hybridized carbons (Fsp3) is 0.400. The van der Waals surface area contributed by atoms with Gasteiger partial charge in [-0.15, -0.1) is 0 Å². The summed E-state index contributed by atoms with van der Waals surface area (Å²) < 4.78 is 0. The molecule has 0 bridgehead atoms. The minimum Gasteiger partial charge on any atom is -0.349 e. The molecule has 1 aliphatic heterocycles. The average molecular weight is 407 g/mol. The molecule has 1 unspecified atom stereocenters. The lowest BCUT2D eigenvalue weighted by Gasteiger charge is -2.24. The molecule has 1 aliphatic rings. The number of carbonyl (C=O) groups excluding carboxylic acids is 3. The Morgan fingerprint density at radius 1 is 0.867 bits per heavy atom. The van der Waals surface area contributed by atoms with Crippen LogP contribution in [-0.4, -0.2) is 29.2 Å². The number of rotatable bonds is 8. The van der Waals surface area contributed by atoms with Crippen molar-refractivity contribution in [3.05, 3.63) is 70.8 Å². The lowest BCUT2D eigenvalue weighted by molar-refractivity contribution is -0.122. The Morgan fingerprint density at radius 2 is 1.40 bits per heavy atom. The van der Waals surface area contributed by atoms with Crippen LogP contribution in [0.5, 0.6) is 0 Å². The number of amides is 3. The van der Waals surface area contributed by atoms with Crippen LogP contribution in [0.2, 0.25) is 0 Å². The van der Waals surface area contributed by atoms with Crippen LogP contribution in [0.15, 0.2) is 48.5 Å². The lowest BCUT2D eigenvalue weighted by atomic mass is 9.93. The van der Waals surface area contributed by atoms with Crippen LogP contribution in [0.1, 0.15) is 84.3 Å². The van der Waals surface area contributed by atoms with Crippen molar-refractivity contribution in [2.24, 2.45) is 5.92 Å². The summed E-state index contributed by atoms with van der Waals surface area (Å²) in [6.07, 6.45) is 0.703. The molecule has 0 aliphatic carbocycles. The van der Waals surface area contributed by atoms with Crippen LogP contribution < -0.4 is 5.32 Å². The van der Waals surface area contributed by atoms with E-state index in [0.29, 0.717) is 23.5 Å². The molecule has 2 aromatic rings. The molecule has 5 heteroatoms. The number of imide groups is 1. The number of nitrogens with zero attached hydrogens (tertiary/aromatic N) is 1. The zero-order valence-corrected chi connectivity index (χ0v) is 18.1. The van der Waals surface area contributed by atoms with Gasteiger partial charge in [0.1, 0.15) is 0 Å². The van der Waals surface area contributed by atoms with Crippen molar-refractivity contribution in [1.29, 1.82) is 0 Å². The summed E-state index contributed by atoms with van der Waals surface area (Å²) in [7, 11) is 0. The Kier molecular flexibility index (Phi) is 6.70. The maximum atomic E-state index is 12.6. The molecule has 3 rings (SSSR count). The Labute approximate surface area is 178 Å². The molecular weight excluding hydrogens is 376 g/mol. The van der Waals surface area contributed by atoms with Gasteiger partial charge in [0.2, 0.25) is 5.91 Å². The molecule has 5 nitrogen and oxygen atoms in total. The van der Waals surface area contributed by atoms with Crippen LogP contribution in [0.3, 0.4) is 0 Å². The summed E-state index contributed by atoms with van der Waals surface area (Å²) in [4.78, 5) is 38.6. The zero-order chi connectivity index (χ0) is 21.8. The van der Waals surface area contributed by atoms with Gasteiger partial charge in [-0.3, -0.25) is 19.3 Å². The second-order valence-corrected chi connectivity index (χ2v) is 8.52. The van der Waals surface area contributed by atoms with Crippen molar-refractivity contribution in [2.75, 3.05) is 6.54 Å². The second-order valence-electron chi connectivity index (χ2n) is 8.52. The fourth-order valence-electron chi connectivity index (χ4n) is 3.81. The summed E-state index contributed by atoms with van der Waals surface area (Å²) >= 11 is 0. The molecule has 0 aromatic heterocycles. The van der Waals surface area contributed by atoms with Crippen molar-refractivity contribution < 1.29 is 14.4 Å². The smallest absolute Gasteiger partial charge is 0.261 e. The quantitative estimate of drug-likeness (QED) is 0.646. The SMILES string of the molecule is CC(C)c1ccc(C(NC(=O)CCCN2C(=O)c3ccccc3C2=O)C(C)C)cc1. The van der Waals surface area contributed by atoms with E-state index in [1.165, 1.54) is 10.5 Å². The van der Waals surface area contributed by atoms with E-state index in [0.717, 1.165) is 5.56 Å². The van der Waals surface area contributed by atoms with E-state index >= 15 is 0 Å². The van der Waals surface area contributed by atoms with E-state index in [-0.39, 0.29) is 42.6 Å². The molecule has 1 N–H and O–H groups in total. The minimum absolute atomic E-state index is 0.0711. The Morgan fingerprint density at radius 3 is 1.90 bits per heavy atom. The van der Waals surface area contributed by atoms with Crippen LogP contribution in [0.25, 0.3) is 0 Å². The second kappa shape index (κ2) is 9.24. The summed E-state index contributed by atoms with van der Waals surface area (Å²) in [5, 5.41) is 3.12. The van der Waals surface area contributed by atoms with E-state index in [1.54, 1.807) is 24.3 Å². The third-order valence-electron chi connectivity index (χ3n) is 5.61. The van der Waals surface area contributed by atoms with Crippen molar-refractivity contribution in [3.8, 4) is 0 Å². The Hall–Kier alpha value is -2.95. The standard InChI is InChI=1S/C25H30N2O3/c1-16(2)18-11-13-19(14-12-18)23(17(3)4)26-22(28)10-7-15-27-24(29)20-8-5-6-9-21(20)25(27)30/h5-6,8-9,11-14,16-17,23H,7,10,15H2,1-4H3,(H,26,28). The van der Waals surface area contributed by atoms with E-state index < -0.39 is 0 Å². The van der Waals surface area contributed by atoms with E-state index in [2.05, 4.69) is 57.3 Å². The van der Waals surface area contributed by atoms with Gasteiger partial charge in [-0.1, -0.05) is 64.1 Å². The molecule has 1 atom stereocenters. The average Bonchev–Trinajstić information content (AvgIpc) is 2.97. The first-order valence-electron chi connectivity index (χ1n) is 10.6. The predicted octanol–water partition coefficient (Wildman–Crippen LogP) is 4.70. The van der Waals surface area contributed by atoms with E-state index in [9.17, 15) is 14.4 Å². The molecule has 0 spiro atoms. The van der Waals surface area contributed by atoms with Crippen LogP contribution >= 0.6 is 0 Å². The monoisotopic (exact) mass is 406 g/mol. The topological polar surface area (TPSA) is 66.5 Å². The third-order valence-corrected chi connectivity index (χ3v) is 5.61. The number of benzene rings is 2. The largest absolute Gasteiger partial charge is 0.349 e. The van der Waals surface area contributed by atoms with Crippen molar-refractivity contribution in [1.82, 2.24) is 10.2 Å². The van der Waals surface area contributed by atoms with Crippen molar-refractivity contribution >= 4 is 17.7 Å². The third kappa shape index (κ3) is 4.61. The number of hydrogen-bond donors (Lipinski definition) is 1. The maximum absolute atomic E-state index is 12.6. The van der Waals surface area contributed by atoms with Crippen LogP contribution in [0.4, 0.5) is 0 Å². The Bertz CT molecular complexity index is 897. The molecule has 0 saturated carbocycles. The fourth-order valence-corrected chi connectivity index (χ4v) is 3.81. The first-order valence-corrected chi connectivity index (χ1v) is 10.6. The summed E-state index contributed by atoms with van der Waals surface area (Å²) in [6, 6.07) is 15.2. The van der Waals surface area contributed by atoms with Gasteiger partial charge < -0.3 is 5.32 Å². The molecule has 158 valence electrons. The zero-order valence-electron chi connectivity index (χ0n) is 18.1. The first kappa shape index (κ1) is 21.8. The highest BCUT2D eigenvalue weighted by Crippen LogP contribution is 2.25. The number of hydrogen-bond acceptors (Lipinski definition) is 3.